The number of nitrogens with one attached hydrogen (secondary N) is 1. The number of ether oxygens (including phenoxy) is 1. The van der Waals surface area contributed by atoms with E-state index in [0.717, 1.165) is 76.8 Å². The van der Waals surface area contributed by atoms with Crippen molar-refractivity contribution in [2.45, 2.75) is 77.8 Å². The number of unbranched alkanes of at least 4 members (excludes halogenated alkanes) is 2. The lowest BCUT2D eigenvalue weighted by molar-refractivity contribution is -0.126. The van der Waals surface area contributed by atoms with Crippen molar-refractivity contribution >= 4 is 22.8 Å². The summed E-state index contributed by atoms with van der Waals surface area (Å²) in [7, 11) is 0. The predicted octanol–water partition coefficient (Wildman–Crippen LogP) is 6.94. The Hall–Kier alpha value is -2.37. The molecule has 190 valence electrons. The number of amides is 1. The Balaban J connectivity index is 1.43. The minimum atomic E-state index is -0.476. The van der Waals surface area contributed by atoms with Gasteiger partial charge in [-0.15, -0.1) is 0 Å². The molecule has 2 aromatic carbocycles. The lowest BCUT2D eigenvalue weighted by Gasteiger charge is -2.33. The smallest absolute Gasteiger partial charge is 0.252 e. The van der Waals surface area contributed by atoms with Crippen molar-refractivity contribution in [1.82, 2.24) is 10.2 Å². The van der Waals surface area contributed by atoms with Gasteiger partial charge in [0.15, 0.2) is 0 Å². The molecule has 0 atom stereocenters. The summed E-state index contributed by atoms with van der Waals surface area (Å²) < 4.78 is 5.87. The van der Waals surface area contributed by atoms with Gasteiger partial charge in [-0.2, -0.15) is 0 Å². The Morgan fingerprint density at radius 2 is 1.49 bits per heavy atom. The molecule has 2 aromatic rings. The molecular weight excluding hydrogens is 460 g/mol. The molecule has 1 fully saturated rings. The molecular formula is C29H39ClN2O3. The van der Waals surface area contributed by atoms with Crippen LogP contribution in [-0.4, -0.2) is 35.2 Å². The number of carbonyl (C=O) groups excluding carboxylic acids is 2. The van der Waals surface area contributed by atoms with Crippen LogP contribution in [0.15, 0.2) is 48.5 Å². The fourth-order valence-electron chi connectivity index (χ4n) is 4.57. The molecule has 35 heavy (non-hydrogen) atoms. The van der Waals surface area contributed by atoms with Crippen molar-refractivity contribution in [3.05, 3.63) is 59.7 Å². The zero-order valence-electron chi connectivity index (χ0n) is 21.1. The van der Waals surface area contributed by atoms with E-state index in [1.807, 2.05) is 12.1 Å². The van der Waals surface area contributed by atoms with Crippen molar-refractivity contribution in [3.63, 3.8) is 0 Å². The molecule has 1 amide bonds. The minimum absolute atomic E-state index is 0.175. The third kappa shape index (κ3) is 8.97. The van der Waals surface area contributed by atoms with Gasteiger partial charge in [0.2, 0.25) is 5.91 Å². The van der Waals surface area contributed by atoms with Gasteiger partial charge in [0.25, 0.3) is 5.24 Å². The van der Waals surface area contributed by atoms with Gasteiger partial charge >= 0.3 is 0 Å². The highest BCUT2D eigenvalue weighted by Gasteiger charge is 2.24. The van der Waals surface area contributed by atoms with Crippen LogP contribution in [-0.2, 0) is 11.3 Å². The lowest BCUT2D eigenvalue weighted by Crippen LogP contribution is -2.46. The van der Waals surface area contributed by atoms with E-state index in [1.54, 1.807) is 24.3 Å². The number of likely N-dealkylation sites (tertiary alicyclic amines) is 1. The minimum Gasteiger partial charge on any atom is -0.457 e. The van der Waals surface area contributed by atoms with Crippen LogP contribution in [0.1, 0.15) is 81.1 Å². The lowest BCUT2D eigenvalue weighted by atomic mass is 9.94. The SMILES string of the molecule is CCCCC(CCCC)C(=O)NC1CCN(Cc2ccc(Oc3ccc(C(=O)Cl)cc3)cc2)CC1. The van der Waals surface area contributed by atoms with Gasteiger partial charge < -0.3 is 10.1 Å². The van der Waals surface area contributed by atoms with Crippen LogP contribution in [0.5, 0.6) is 11.5 Å². The number of nitrogens with zero attached hydrogens (tertiary/aromatic N) is 1. The van der Waals surface area contributed by atoms with Crippen molar-refractivity contribution in [3.8, 4) is 11.5 Å². The highest BCUT2D eigenvalue weighted by atomic mass is 35.5. The van der Waals surface area contributed by atoms with Crippen molar-refractivity contribution in [2.75, 3.05) is 13.1 Å². The molecule has 0 aromatic heterocycles. The summed E-state index contributed by atoms with van der Waals surface area (Å²) in [4.78, 5) is 26.5. The van der Waals surface area contributed by atoms with Crippen LogP contribution in [0.2, 0.25) is 0 Å². The summed E-state index contributed by atoms with van der Waals surface area (Å²) in [5.74, 6) is 1.86. The third-order valence-electron chi connectivity index (χ3n) is 6.76. The number of hydrogen-bond acceptors (Lipinski definition) is 4. The molecule has 1 N–H and O–H groups in total. The highest BCUT2D eigenvalue weighted by Crippen LogP contribution is 2.24. The van der Waals surface area contributed by atoms with Gasteiger partial charge in [0.05, 0.1) is 0 Å². The molecule has 0 unspecified atom stereocenters. The monoisotopic (exact) mass is 498 g/mol. The van der Waals surface area contributed by atoms with E-state index in [9.17, 15) is 9.59 Å². The fraction of sp³-hybridized carbons (Fsp3) is 0.517. The number of rotatable bonds is 13. The van der Waals surface area contributed by atoms with E-state index >= 15 is 0 Å². The van der Waals surface area contributed by atoms with Gasteiger partial charge in [0, 0.05) is 37.2 Å². The molecule has 6 heteroatoms. The Kier molecular flexibility index (Phi) is 11.1. The first-order valence-corrected chi connectivity index (χ1v) is 13.5. The van der Waals surface area contributed by atoms with Gasteiger partial charge in [-0.1, -0.05) is 51.7 Å². The van der Waals surface area contributed by atoms with Gasteiger partial charge in [-0.3, -0.25) is 14.5 Å². The first kappa shape index (κ1) is 27.2. The van der Waals surface area contributed by atoms with Gasteiger partial charge in [-0.25, -0.2) is 0 Å². The Labute approximate surface area is 215 Å². The molecule has 3 rings (SSSR count). The maximum absolute atomic E-state index is 12.8. The standard InChI is InChI=1S/C29H39ClN2O3/c1-3-5-7-24(8-6-4-2)29(34)31-25-17-19-32(20-18-25)21-22-9-13-26(14-10-22)35-27-15-11-23(12-16-27)28(30)33/h9-16,24-25H,3-8,17-21H2,1-2H3,(H,31,34). The zero-order valence-corrected chi connectivity index (χ0v) is 21.9. The topological polar surface area (TPSA) is 58.6 Å². The summed E-state index contributed by atoms with van der Waals surface area (Å²) in [6.07, 6.45) is 8.58. The molecule has 0 bridgehead atoms. The number of benzene rings is 2. The molecule has 0 spiro atoms. The van der Waals surface area contributed by atoms with Crippen LogP contribution in [0.3, 0.4) is 0 Å². The first-order chi connectivity index (χ1) is 17.0. The van der Waals surface area contributed by atoms with E-state index in [4.69, 9.17) is 16.3 Å². The Morgan fingerprint density at radius 1 is 0.943 bits per heavy atom. The van der Waals surface area contributed by atoms with Gasteiger partial charge in [-0.05, 0) is 79.2 Å². The molecule has 0 radical (unpaired) electrons. The molecule has 1 aliphatic heterocycles. The number of piperidine rings is 1. The first-order valence-electron chi connectivity index (χ1n) is 13.1. The van der Waals surface area contributed by atoms with E-state index in [2.05, 4.69) is 36.2 Å². The van der Waals surface area contributed by atoms with E-state index < -0.39 is 5.24 Å². The second-order valence-electron chi connectivity index (χ2n) is 9.58. The molecule has 1 heterocycles. The molecule has 1 saturated heterocycles. The molecule has 0 aliphatic carbocycles. The summed E-state index contributed by atoms with van der Waals surface area (Å²) in [5.41, 5.74) is 1.69. The van der Waals surface area contributed by atoms with Crippen LogP contribution < -0.4 is 10.1 Å². The average Bonchev–Trinajstić information content (AvgIpc) is 2.87. The summed E-state index contributed by atoms with van der Waals surface area (Å²) in [6, 6.07) is 15.2. The number of carbonyl (C=O) groups is 2. The number of hydrogen-bond donors (Lipinski definition) is 1. The average molecular weight is 499 g/mol. The maximum atomic E-state index is 12.8. The van der Waals surface area contributed by atoms with Crippen molar-refractivity contribution < 1.29 is 14.3 Å². The van der Waals surface area contributed by atoms with E-state index in [1.165, 1.54) is 5.56 Å². The van der Waals surface area contributed by atoms with Crippen molar-refractivity contribution in [2.24, 2.45) is 5.92 Å². The van der Waals surface area contributed by atoms with Crippen LogP contribution in [0.4, 0.5) is 0 Å². The quantitative estimate of drug-likeness (QED) is 0.304. The second-order valence-corrected chi connectivity index (χ2v) is 9.93. The predicted molar refractivity (Wildman–Crippen MR) is 142 cm³/mol. The summed E-state index contributed by atoms with van der Waals surface area (Å²) >= 11 is 5.49. The molecule has 1 aliphatic rings. The summed E-state index contributed by atoms with van der Waals surface area (Å²) in [6.45, 7) is 7.25. The normalized spacial score (nSPS) is 14.7. The van der Waals surface area contributed by atoms with Crippen LogP contribution >= 0.6 is 11.6 Å². The van der Waals surface area contributed by atoms with Crippen LogP contribution in [0.25, 0.3) is 0 Å². The highest BCUT2D eigenvalue weighted by molar-refractivity contribution is 6.67. The zero-order chi connectivity index (χ0) is 25.0. The Morgan fingerprint density at radius 3 is 2.00 bits per heavy atom. The molecule has 5 nitrogen and oxygen atoms in total. The maximum Gasteiger partial charge on any atom is 0.252 e. The largest absolute Gasteiger partial charge is 0.457 e. The third-order valence-corrected chi connectivity index (χ3v) is 6.98. The molecule has 0 saturated carbocycles. The fourth-order valence-corrected chi connectivity index (χ4v) is 4.70. The van der Waals surface area contributed by atoms with Crippen molar-refractivity contribution in [1.29, 1.82) is 0 Å². The van der Waals surface area contributed by atoms with E-state index in [0.29, 0.717) is 17.4 Å². The Bertz CT molecular complexity index is 914. The summed E-state index contributed by atoms with van der Waals surface area (Å²) in [5, 5.41) is 2.88. The van der Waals surface area contributed by atoms with Crippen LogP contribution in [0, 0.1) is 5.92 Å². The van der Waals surface area contributed by atoms with E-state index in [-0.39, 0.29) is 11.8 Å². The van der Waals surface area contributed by atoms with Gasteiger partial charge in [0.1, 0.15) is 11.5 Å². The number of halogens is 1. The second kappa shape index (κ2) is 14.3.